The Morgan fingerprint density at radius 1 is 1.11 bits per heavy atom. The molecule has 1 aromatic carbocycles. The zero-order valence-corrected chi connectivity index (χ0v) is 12.4. The van der Waals surface area contributed by atoms with Crippen LogP contribution in [-0.2, 0) is 0 Å². The van der Waals surface area contributed by atoms with Gasteiger partial charge in [0.15, 0.2) is 0 Å². The van der Waals surface area contributed by atoms with E-state index in [4.69, 9.17) is 4.74 Å². The molecule has 4 rings (SSSR count). The first-order valence-electron chi connectivity index (χ1n) is 7.59. The van der Waals surface area contributed by atoms with Gasteiger partial charge in [-0.05, 0) is 75.7 Å². The fraction of sp³-hybridized carbons (Fsp3) is 0.647. The van der Waals surface area contributed by atoms with Crippen molar-refractivity contribution < 1.29 is 4.74 Å². The lowest BCUT2D eigenvalue weighted by Crippen LogP contribution is -2.51. The van der Waals surface area contributed by atoms with Crippen molar-refractivity contribution in [3.63, 3.8) is 0 Å². The Kier molecular flexibility index (Phi) is 3.53. The van der Waals surface area contributed by atoms with Crippen LogP contribution in [0.4, 0.5) is 0 Å². The van der Waals surface area contributed by atoms with E-state index in [1.54, 1.807) is 0 Å². The quantitative estimate of drug-likeness (QED) is 0.824. The molecular weight excluding hydrogens is 234 g/mol. The van der Waals surface area contributed by atoms with Crippen molar-refractivity contribution in [3.05, 3.63) is 28.8 Å². The molecule has 1 unspecified atom stereocenters. The molecule has 3 fully saturated rings. The minimum atomic E-state index is 0.645. The van der Waals surface area contributed by atoms with E-state index in [1.165, 1.54) is 49.0 Å². The van der Waals surface area contributed by atoms with Crippen molar-refractivity contribution in [3.8, 4) is 5.75 Å². The first-order chi connectivity index (χ1) is 9.15. The minimum absolute atomic E-state index is 0.645. The summed E-state index contributed by atoms with van der Waals surface area (Å²) < 4.78 is 6.20. The first-order valence-corrected chi connectivity index (χ1v) is 7.59. The third-order valence-electron chi connectivity index (χ3n) is 5.06. The molecule has 19 heavy (non-hydrogen) atoms. The molecule has 3 saturated heterocycles. The van der Waals surface area contributed by atoms with E-state index in [1.807, 2.05) is 0 Å². The number of hydrogen-bond acceptors (Lipinski definition) is 2. The molecule has 2 nitrogen and oxygen atoms in total. The van der Waals surface area contributed by atoms with Gasteiger partial charge in [0.05, 0.1) is 0 Å². The molecule has 2 bridgehead atoms. The van der Waals surface area contributed by atoms with Crippen LogP contribution >= 0.6 is 0 Å². The number of piperidine rings is 3. The number of aryl methyl sites for hydroxylation is 2. The van der Waals surface area contributed by atoms with Gasteiger partial charge in [0.1, 0.15) is 12.4 Å². The first kappa shape index (κ1) is 13.0. The molecule has 0 amide bonds. The number of hydrogen-bond donors (Lipinski definition) is 0. The smallest absolute Gasteiger partial charge is 0.125 e. The van der Waals surface area contributed by atoms with Crippen LogP contribution in [0.15, 0.2) is 12.1 Å². The van der Waals surface area contributed by atoms with Crippen LogP contribution in [0.3, 0.4) is 0 Å². The molecule has 0 aliphatic carbocycles. The van der Waals surface area contributed by atoms with Gasteiger partial charge in [-0.15, -0.1) is 0 Å². The van der Waals surface area contributed by atoms with Crippen molar-refractivity contribution in [1.82, 2.24) is 4.90 Å². The summed E-state index contributed by atoms with van der Waals surface area (Å²) in [5.41, 5.74) is 3.89. The van der Waals surface area contributed by atoms with Crippen LogP contribution < -0.4 is 4.74 Å². The highest BCUT2D eigenvalue weighted by atomic mass is 16.5. The van der Waals surface area contributed by atoms with Crippen molar-refractivity contribution in [1.29, 1.82) is 0 Å². The Morgan fingerprint density at radius 2 is 1.79 bits per heavy atom. The van der Waals surface area contributed by atoms with E-state index in [0.29, 0.717) is 6.04 Å². The van der Waals surface area contributed by atoms with E-state index in [2.05, 4.69) is 37.8 Å². The highest BCUT2D eigenvalue weighted by Gasteiger charge is 2.33. The third-order valence-corrected chi connectivity index (χ3v) is 5.06. The maximum Gasteiger partial charge on any atom is 0.125 e. The molecule has 0 spiro atoms. The van der Waals surface area contributed by atoms with Crippen LogP contribution in [0.25, 0.3) is 0 Å². The predicted octanol–water partition coefficient (Wildman–Crippen LogP) is 3.47. The lowest BCUT2D eigenvalue weighted by atomic mass is 9.83. The second-order valence-electron chi connectivity index (χ2n) is 6.33. The molecule has 1 aromatic rings. The van der Waals surface area contributed by atoms with Gasteiger partial charge in [-0.2, -0.15) is 0 Å². The van der Waals surface area contributed by atoms with Gasteiger partial charge in [0.25, 0.3) is 0 Å². The number of nitrogens with zero attached hydrogens (tertiary/aromatic N) is 1. The van der Waals surface area contributed by atoms with Crippen LogP contribution in [0.5, 0.6) is 5.75 Å². The summed E-state index contributed by atoms with van der Waals surface area (Å²) in [7, 11) is 0. The molecule has 0 radical (unpaired) electrons. The molecular formula is C17H25NO. The fourth-order valence-electron chi connectivity index (χ4n) is 3.59. The largest absolute Gasteiger partial charge is 0.491 e. The van der Waals surface area contributed by atoms with Gasteiger partial charge in [-0.3, -0.25) is 4.90 Å². The van der Waals surface area contributed by atoms with Crippen molar-refractivity contribution in [2.75, 3.05) is 19.7 Å². The van der Waals surface area contributed by atoms with Crippen molar-refractivity contribution in [2.24, 2.45) is 5.92 Å². The predicted molar refractivity (Wildman–Crippen MR) is 78.9 cm³/mol. The van der Waals surface area contributed by atoms with Crippen LogP contribution in [0, 0.1) is 26.7 Å². The summed E-state index contributed by atoms with van der Waals surface area (Å²) in [4.78, 5) is 2.63. The Balaban J connectivity index is 1.68. The Morgan fingerprint density at radius 3 is 2.42 bits per heavy atom. The monoisotopic (exact) mass is 259 g/mol. The Bertz CT molecular complexity index is 461. The minimum Gasteiger partial charge on any atom is -0.491 e. The molecule has 3 aliphatic heterocycles. The Hall–Kier alpha value is -1.02. The van der Waals surface area contributed by atoms with Crippen LogP contribution in [0.1, 0.15) is 36.0 Å². The zero-order valence-electron chi connectivity index (χ0n) is 12.4. The zero-order chi connectivity index (χ0) is 13.4. The molecule has 104 valence electrons. The maximum absolute atomic E-state index is 6.20. The fourth-order valence-corrected chi connectivity index (χ4v) is 3.59. The van der Waals surface area contributed by atoms with Crippen LogP contribution in [-0.4, -0.2) is 30.6 Å². The molecule has 2 heteroatoms. The molecule has 0 saturated carbocycles. The van der Waals surface area contributed by atoms with Crippen molar-refractivity contribution in [2.45, 2.75) is 46.1 Å². The van der Waals surface area contributed by atoms with E-state index in [0.717, 1.165) is 18.3 Å². The SMILES string of the molecule is Cc1ccc(C)c(OCC2CC3CCN2CC3)c1C. The maximum atomic E-state index is 6.20. The Labute approximate surface area is 116 Å². The average Bonchev–Trinajstić information content (AvgIpc) is 2.44. The third kappa shape index (κ3) is 2.51. The highest BCUT2D eigenvalue weighted by Crippen LogP contribution is 2.33. The summed E-state index contributed by atoms with van der Waals surface area (Å²) in [6, 6.07) is 5.00. The molecule has 0 N–H and O–H groups in total. The normalized spacial score (nSPS) is 29.5. The van der Waals surface area contributed by atoms with E-state index >= 15 is 0 Å². The van der Waals surface area contributed by atoms with Crippen LogP contribution in [0.2, 0.25) is 0 Å². The number of benzene rings is 1. The van der Waals surface area contributed by atoms with Gasteiger partial charge in [0, 0.05) is 6.04 Å². The lowest BCUT2D eigenvalue weighted by Gasteiger charge is -2.45. The highest BCUT2D eigenvalue weighted by molar-refractivity contribution is 5.44. The number of ether oxygens (including phenoxy) is 1. The topological polar surface area (TPSA) is 12.5 Å². The van der Waals surface area contributed by atoms with E-state index in [-0.39, 0.29) is 0 Å². The van der Waals surface area contributed by atoms with Crippen molar-refractivity contribution >= 4 is 0 Å². The van der Waals surface area contributed by atoms with E-state index < -0.39 is 0 Å². The molecule has 3 aliphatic rings. The summed E-state index contributed by atoms with van der Waals surface area (Å²) >= 11 is 0. The molecule has 3 heterocycles. The second kappa shape index (κ2) is 5.16. The van der Waals surface area contributed by atoms with Gasteiger partial charge in [-0.25, -0.2) is 0 Å². The van der Waals surface area contributed by atoms with E-state index in [9.17, 15) is 0 Å². The summed E-state index contributed by atoms with van der Waals surface area (Å²) in [6.07, 6.45) is 4.14. The average molecular weight is 259 g/mol. The summed E-state index contributed by atoms with van der Waals surface area (Å²) in [6.45, 7) is 9.91. The van der Waals surface area contributed by atoms with Gasteiger partial charge in [0.2, 0.25) is 0 Å². The molecule has 0 aromatic heterocycles. The van der Waals surface area contributed by atoms with Gasteiger partial charge < -0.3 is 4.74 Å². The lowest BCUT2D eigenvalue weighted by molar-refractivity contribution is 0.0236. The summed E-state index contributed by atoms with van der Waals surface area (Å²) in [5.74, 6) is 2.07. The van der Waals surface area contributed by atoms with Gasteiger partial charge >= 0.3 is 0 Å². The number of rotatable bonds is 3. The second-order valence-corrected chi connectivity index (χ2v) is 6.33. The standard InChI is InChI=1S/C17H25NO/c1-12-4-5-13(2)17(14(12)3)19-11-16-10-15-6-8-18(16)9-7-15/h4-5,15-16H,6-11H2,1-3H3. The number of fused-ring (bicyclic) bond motifs is 3. The molecule has 1 atom stereocenters. The summed E-state index contributed by atoms with van der Waals surface area (Å²) in [5, 5.41) is 0. The van der Waals surface area contributed by atoms with Gasteiger partial charge in [-0.1, -0.05) is 12.1 Å².